The van der Waals surface area contributed by atoms with Crippen LogP contribution in [0.15, 0.2) is 10.4 Å². The van der Waals surface area contributed by atoms with Crippen molar-refractivity contribution in [3.63, 3.8) is 0 Å². The van der Waals surface area contributed by atoms with E-state index in [4.69, 9.17) is 10.8 Å². The van der Waals surface area contributed by atoms with Crippen LogP contribution in [0.2, 0.25) is 0 Å². The zero-order chi connectivity index (χ0) is 35.4. The number of aliphatic carboxylic acids is 1. The van der Waals surface area contributed by atoms with Crippen molar-refractivity contribution in [1.82, 2.24) is 15.6 Å². The van der Waals surface area contributed by atoms with Gasteiger partial charge in [-0.2, -0.15) is 0 Å². The number of carbonyl (C=O) groups excluding carboxylic acids is 7. The number of hydrogen-bond acceptors (Lipinski definition) is 12. The lowest BCUT2D eigenvalue weighted by Gasteiger charge is -2.19. The van der Waals surface area contributed by atoms with Crippen LogP contribution in [0.5, 0.6) is 0 Å². The van der Waals surface area contributed by atoms with Gasteiger partial charge in [-0.3, -0.25) is 38.6 Å². The van der Waals surface area contributed by atoms with Crippen LogP contribution in [0.4, 0.5) is 0 Å². The van der Waals surface area contributed by atoms with Gasteiger partial charge in [-0.05, 0) is 31.6 Å². The highest BCUT2D eigenvalue weighted by Crippen LogP contribution is 2.37. The highest BCUT2D eigenvalue weighted by Gasteiger charge is 2.50. The van der Waals surface area contributed by atoms with E-state index >= 15 is 0 Å². The minimum absolute atomic E-state index is 0.0163. The molecule has 2 heterocycles. The number of unbranched alkanes of at least 4 members (excludes halogenated alkanes) is 1. The van der Waals surface area contributed by atoms with Gasteiger partial charge in [-0.15, -0.1) is 23.1 Å². The van der Waals surface area contributed by atoms with Gasteiger partial charge in [0.1, 0.15) is 22.3 Å². The summed E-state index contributed by atoms with van der Waals surface area (Å²) in [6.45, 7) is 3.69. The first-order chi connectivity index (χ1) is 22.7. The van der Waals surface area contributed by atoms with Crippen LogP contribution in [0.3, 0.4) is 0 Å². The molecule has 5 N–H and O–H groups in total. The number of amides is 3. The van der Waals surface area contributed by atoms with Gasteiger partial charge in [0, 0.05) is 43.2 Å². The minimum atomic E-state index is -1.14. The van der Waals surface area contributed by atoms with Gasteiger partial charge in [0.25, 0.3) is 0 Å². The molecule has 3 rings (SSSR count). The number of nitrogens with one attached hydrogen (secondary N) is 2. The molecule has 1 aliphatic carbocycles. The SMILES string of the molecule is CCCCC(=O)N[C@H](CC(N)=O)C(=O)C[C@@H](C)CCC(=O)CC(=O)NC1(C(=O)CC(=O)CCc2nc(C3=N[C@H](C(=O)O)CS3)cs2)CC1. The van der Waals surface area contributed by atoms with Gasteiger partial charge in [-0.25, -0.2) is 9.78 Å². The maximum absolute atomic E-state index is 12.9. The monoisotopic (exact) mass is 705 g/mol. The maximum atomic E-state index is 12.9. The molecule has 0 bridgehead atoms. The first-order valence-corrected chi connectivity index (χ1v) is 17.9. The Balaban J connectivity index is 1.38. The minimum Gasteiger partial charge on any atom is -0.480 e. The molecule has 262 valence electrons. The number of nitrogens with zero attached hydrogens (tertiary/aromatic N) is 2. The van der Waals surface area contributed by atoms with E-state index in [1.807, 2.05) is 6.92 Å². The molecule has 3 amide bonds. The second-order valence-electron chi connectivity index (χ2n) is 12.4. The summed E-state index contributed by atoms with van der Waals surface area (Å²) in [5, 5.41) is 17.3. The largest absolute Gasteiger partial charge is 0.480 e. The standard InChI is InChI=1S/C32H43N5O9S2/c1-3-4-5-27(43)34-21(15-26(33)42)24(40)12-18(2)6-7-20(39)14-28(44)37-32(10-11-32)25(41)13-19(38)8-9-29-35-22(16-47-29)30-36-23(17-48-30)31(45)46/h16,18,21,23H,3-15,17H2,1-2H3,(H2,33,42)(H,34,43)(H,37,44)(H,45,46)/t18-,21+,23-/m0/s1. The lowest BCUT2D eigenvalue weighted by atomic mass is 9.93. The number of rotatable bonds is 23. The Morgan fingerprint density at radius 1 is 1.02 bits per heavy atom. The summed E-state index contributed by atoms with van der Waals surface area (Å²) in [5.41, 5.74) is 4.68. The zero-order valence-corrected chi connectivity index (χ0v) is 28.8. The quantitative estimate of drug-likeness (QED) is 0.120. The Bertz CT molecular complexity index is 1450. The molecule has 2 aliphatic rings. The third kappa shape index (κ3) is 12.3. The van der Waals surface area contributed by atoms with Crippen LogP contribution < -0.4 is 16.4 Å². The fourth-order valence-electron chi connectivity index (χ4n) is 5.07. The molecule has 1 saturated carbocycles. The Morgan fingerprint density at radius 2 is 1.73 bits per heavy atom. The number of aromatic nitrogens is 1. The molecular weight excluding hydrogens is 663 g/mol. The zero-order valence-electron chi connectivity index (χ0n) is 27.2. The molecule has 48 heavy (non-hydrogen) atoms. The lowest BCUT2D eigenvalue weighted by Crippen LogP contribution is -2.44. The smallest absolute Gasteiger partial charge is 0.329 e. The van der Waals surface area contributed by atoms with E-state index in [0.29, 0.717) is 53.6 Å². The van der Waals surface area contributed by atoms with E-state index in [1.54, 1.807) is 12.3 Å². The normalized spacial score (nSPS) is 17.5. The first kappa shape index (κ1) is 38.7. The highest BCUT2D eigenvalue weighted by atomic mass is 32.2. The second-order valence-corrected chi connectivity index (χ2v) is 14.4. The molecule has 0 aromatic carbocycles. The van der Waals surface area contributed by atoms with Gasteiger partial charge in [-0.1, -0.05) is 20.3 Å². The molecule has 1 aliphatic heterocycles. The number of Topliss-reactive ketones (excluding diaryl/α,β-unsaturated/α-hetero) is 4. The van der Waals surface area contributed by atoms with Crippen LogP contribution in [-0.2, 0) is 44.8 Å². The fourth-order valence-corrected chi connectivity index (χ4v) is 6.91. The van der Waals surface area contributed by atoms with Crippen molar-refractivity contribution in [3.8, 4) is 0 Å². The van der Waals surface area contributed by atoms with Crippen molar-refractivity contribution >= 4 is 75.0 Å². The average Bonchev–Trinajstić information content (AvgIpc) is 3.38. The van der Waals surface area contributed by atoms with Crippen LogP contribution in [0.25, 0.3) is 0 Å². The predicted octanol–water partition coefficient (Wildman–Crippen LogP) is 2.08. The Labute approximate surface area is 286 Å². The van der Waals surface area contributed by atoms with Gasteiger partial charge in [0.15, 0.2) is 17.6 Å². The van der Waals surface area contributed by atoms with E-state index in [1.165, 1.54) is 23.1 Å². The van der Waals surface area contributed by atoms with E-state index in [2.05, 4.69) is 20.6 Å². The van der Waals surface area contributed by atoms with Crippen LogP contribution in [0, 0.1) is 5.92 Å². The Hall–Kier alpha value is -3.79. The summed E-state index contributed by atoms with van der Waals surface area (Å²) >= 11 is 2.64. The number of thioether (sulfide) groups is 1. The number of ketones is 4. The number of thiazole rings is 1. The molecule has 3 atom stereocenters. The second kappa shape index (κ2) is 18.1. The van der Waals surface area contributed by atoms with Crippen molar-refractivity contribution in [2.75, 3.05) is 5.75 Å². The molecular formula is C32H43N5O9S2. The molecule has 0 spiro atoms. The summed E-state index contributed by atoms with van der Waals surface area (Å²) in [6, 6.07) is -1.82. The summed E-state index contributed by atoms with van der Waals surface area (Å²) in [5.74, 6) is -3.98. The van der Waals surface area contributed by atoms with Crippen molar-refractivity contribution in [3.05, 3.63) is 16.1 Å². The maximum Gasteiger partial charge on any atom is 0.329 e. The van der Waals surface area contributed by atoms with Gasteiger partial charge >= 0.3 is 5.97 Å². The summed E-state index contributed by atoms with van der Waals surface area (Å²) in [7, 11) is 0. The van der Waals surface area contributed by atoms with Crippen LogP contribution in [0.1, 0.15) is 102 Å². The third-order valence-corrected chi connectivity index (χ3v) is 10.0. The van der Waals surface area contributed by atoms with Gasteiger partial charge in [0.05, 0.1) is 35.9 Å². The highest BCUT2D eigenvalue weighted by molar-refractivity contribution is 8.14. The molecule has 14 nitrogen and oxygen atoms in total. The number of primary amides is 1. The van der Waals surface area contributed by atoms with E-state index < -0.39 is 47.6 Å². The van der Waals surface area contributed by atoms with Crippen molar-refractivity contribution in [2.24, 2.45) is 16.6 Å². The molecule has 1 aromatic rings. The average molecular weight is 706 g/mol. The molecule has 0 unspecified atom stereocenters. The molecule has 0 radical (unpaired) electrons. The number of aryl methyl sites for hydroxylation is 1. The number of aliphatic imine (C=N–C) groups is 1. The van der Waals surface area contributed by atoms with Crippen LogP contribution >= 0.6 is 23.1 Å². The van der Waals surface area contributed by atoms with E-state index in [0.717, 1.165) is 6.42 Å². The fraction of sp³-hybridized carbons (Fsp3) is 0.625. The van der Waals surface area contributed by atoms with Gasteiger partial charge < -0.3 is 21.5 Å². The van der Waals surface area contributed by atoms with Crippen molar-refractivity contribution in [2.45, 2.75) is 115 Å². The summed E-state index contributed by atoms with van der Waals surface area (Å²) < 4.78 is 0. The van der Waals surface area contributed by atoms with Gasteiger partial charge in [0.2, 0.25) is 17.7 Å². The lowest BCUT2D eigenvalue weighted by molar-refractivity contribution is -0.138. The van der Waals surface area contributed by atoms with Crippen molar-refractivity contribution in [1.29, 1.82) is 0 Å². The van der Waals surface area contributed by atoms with Crippen molar-refractivity contribution < 1.29 is 43.5 Å². The number of hydrogen-bond donors (Lipinski definition) is 4. The molecule has 0 saturated heterocycles. The van der Waals surface area contributed by atoms with E-state index in [-0.39, 0.29) is 67.7 Å². The Morgan fingerprint density at radius 3 is 2.35 bits per heavy atom. The molecule has 1 fully saturated rings. The number of carbonyl (C=O) groups is 8. The molecule has 16 heteroatoms. The summed E-state index contributed by atoms with van der Waals surface area (Å²) in [4.78, 5) is 107. The van der Waals surface area contributed by atoms with Crippen LogP contribution in [-0.4, -0.2) is 85.3 Å². The number of nitrogens with two attached hydrogens (primary N) is 1. The van der Waals surface area contributed by atoms with E-state index in [9.17, 15) is 38.4 Å². The molecule has 1 aromatic heterocycles. The third-order valence-electron chi connectivity index (χ3n) is 8.05. The number of carboxylic acids is 1. The topological polar surface area (TPSA) is 232 Å². The first-order valence-electron chi connectivity index (χ1n) is 16.1. The number of carboxylic acid groups (broad SMARTS) is 1. The summed E-state index contributed by atoms with van der Waals surface area (Å²) in [6.07, 6.45) is 2.08. The predicted molar refractivity (Wildman–Crippen MR) is 179 cm³/mol. The Kier molecular flexibility index (Phi) is 14.6.